The molecule has 11 rings (SSSR count). The van der Waals surface area contributed by atoms with Crippen LogP contribution in [0.3, 0.4) is 0 Å². The summed E-state index contributed by atoms with van der Waals surface area (Å²) >= 11 is 0. The van der Waals surface area contributed by atoms with Gasteiger partial charge in [-0.1, -0.05) is 0 Å². The third kappa shape index (κ3) is 10.9. The first-order chi connectivity index (χ1) is 35.9. The van der Waals surface area contributed by atoms with E-state index in [4.69, 9.17) is 4.74 Å². The van der Waals surface area contributed by atoms with Crippen molar-refractivity contribution in [3.05, 3.63) is 128 Å². The molecule has 6 aromatic heterocycles. The number of carbonyl (C=O) groups excluding carboxylic acids is 2. The Labute approximate surface area is 426 Å². The van der Waals surface area contributed by atoms with E-state index in [0.29, 0.717) is 112 Å². The van der Waals surface area contributed by atoms with E-state index in [-0.39, 0.29) is 47.8 Å². The molecule has 0 unspecified atom stereocenters. The van der Waals surface area contributed by atoms with Crippen molar-refractivity contribution in [1.82, 2.24) is 53.8 Å². The maximum absolute atomic E-state index is 14.4. The lowest BCUT2D eigenvalue weighted by atomic mass is 10.0. The molecule has 0 spiro atoms. The van der Waals surface area contributed by atoms with Crippen LogP contribution in [0.15, 0.2) is 116 Å². The van der Waals surface area contributed by atoms with Crippen molar-refractivity contribution in [1.29, 1.82) is 0 Å². The third-order valence-electron chi connectivity index (χ3n) is 13.8. The smallest absolute Gasteiger partial charge is 0.316 e. The Kier molecular flexibility index (Phi) is 14.4. The maximum atomic E-state index is 14.4. The van der Waals surface area contributed by atoms with Crippen LogP contribution in [0.2, 0.25) is 0 Å². The summed E-state index contributed by atoms with van der Waals surface area (Å²) in [5.41, 5.74) is 6.77. The summed E-state index contributed by atoms with van der Waals surface area (Å²) in [6.45, 7) is 6.29. The van der Waals surface area contributed by atoms with Crippen molar-refractivity contribution in [3.8, 4) is 28.3 Å². The zero-order valence-electron chi connectivity index (χ0n) is 40.9. The van der Waals surface area contributed by atoms with E-state index in [1.54, 1.807) is 60.2 Å². The summed E-state index contributed by atoms with van der Waals surface area (Å²) in [4.78, 5) is 66.4. The van der Waals surface area contributed by atoms with Gasteiger partial charge in [-0.05, 0) is 79.6 Å². The molecule has 0 radical (unpaired) electrons. The average molecular weight is 1030 g/mol. The van der Waals surface area contributed by atoms with Crippen LogP contribution in [0.25, 0.3) is 44.5 Å². The number of benzene rings is 2. The van der Waals surface area contributed by atoms with Gasteiger partial charge in [0.2, 0.25) is 17.8 Å². The first kappa shape index (κ1) is 49.4. The zero-order chi connectivity index (χ0) is 51.3. The number of anilines is 3. The number of pyridine rings is 2. The van der Waals surface area contributed by atoms with Gasteiger partial charge in [0.15, 0.2) is 5.65 Å². The SMILES string of the molecule is COc1ncc(-c2cc(F)ccc2N2CCN(C(=O)Cn3ccc4cccnc43)CC2)cn1.CS(=O)(=O)C1CCN(c2ncc(-c3cc(F)ccc3N3CCN(C(=O)Cn4cnc5cccnc54)CC3)cn2)CC1. The fourth-order valence-corrected chi connectivity index (χ4v) is 10.8. The quantitative estimate of drug-likeness (QED) is 0.160. The maximum Gasteiger partial charge on any atom is 0.316 e. The highest BCUT2D eigenvalue weighted by atomic mass is 32.2. The molecule has 382 valence electrons. The van der Waals surface area contributed by atoms with E-state index in [0.717, 1.165) is 27.9 Å². The number of hydrogen-bond acceptors (Lipinski definition) is 15. The number of rotatable bonds is 11. The van der Waals surface area contributed by atoms with Crippen LogP contribution in [0.5, 0.6) is 6.01 Å². The molecule has 9 heterocycles. The Morgan fingerprint density at radius 2 is 1.14 bits per heavy atom. The predicted molar refractivity (Wildman–Crippen MR) is 276 cm³/mol. The summed E-state index contributed by atoms with van der Waals surface area (Å²) < 4.78 is 60.8. The fourth-order valence-electron chi connectivity index (χ4n) is 9.74. The van der Waals surface area contributed by atoms with E-state index in [1.165, 1.54) is 37.6 Å². The number of halogens is 2. The molecule has 0 saturated carbocycles. The lowest BCUT2D eigenvalue weighted by Crippen LogP contribution is -2.49. The number of aromatic nitrogens is 9. The number of nitrogens with zero attached hydrogens (tertiary/aromatic N) is 14. The largest absolute Gasteiger partial charge is 0.467 e. The molecule has 19 nitrogen and oxygen atoms in total. The molecule has 3 fully saturated rings. The van der Waals surface area contributed by atoms with Gasteiger partial charge in [0, 0.05) is 154 Å². The van der Waals surface area contributed by atoms with Gasteiger partial charge < -0.3 is 38.4 Å². The van der Waals surface area contributed by atoms with Gasteiger partial charge in [0.05, 0.1) is 18.7 Å². The number of methoxy groups -OCH3 is 1. The molecule has 0 bridgehead atoms. The molecule has 2 amide bonds. The molecule has 0 aliphatic carbocycles. The summed E-state index contributed by atoms with van der Waals surface area (Å²) in [5, 5.41) is 0.688. The molecule has 3 saturated heterocycles. The second kappa shape index (κ2) is 21.5. The number of ether oxygens (including phenoxy) is 1. The number of fused-ring (bicyclic) bond motifs is 2. The molecular weight excluding hydrogens is 971 g/mol. The monoisotopic (exact) mass is 1020 g/mol. The van der Waals surface area contributed by atoms with Gasteiger partial charge in [-0.25, -0.2) is 52.1 Å². The van der Waals surface area contributed by atoms with Gasteiger partial charge in [-0.2, -0.15) is 0 Å². The topological polar surface area (TPSA) is 194 Å². The highest BCUT2D eigenvalue weighted by Crippen LogP contribution is 2.34. The van der Waals surface area contributed by atoms with Crippen LogP contribution < -0.4 is 19.4 Å². The molecule has 3 aliphatic heterocycles. The first-order valence-electron chi connectivity index (χ1n) is 24.3. The van der Waals surface area contributed by atoms with Crippen molar-refractivity contribution >= 4 is 61.2 Å². The second-order valence-corrected chi connectivity index (χ2v) is 20.7. The van der Waals surface area contributed by atoms with Crippen LogP contribution in [-0.2, 0) is 32.5 Å². The van der Waals surface area contributed by atoms with Crippen molar-refractivity contribution in [2.45, 2.75) is 31.2 Å². The van der Waals surface area contributed by atoms with E-state index < -0.39 is 9.84 Å². The second-order valence-electron chi connectivity index (χ2n) is 18.4. The Morgan fingerprint density at radius 1 is 0.608 bits per heavy atom. The molecule has 2 aromatic carbocycles. The highest BCUT2D eigenvalue weighted by molar-refractivity contribution is 7.91. The predicted octanol–water partition coefficient (Wildman–Crippen LogP) is 5.38. The average Bonchev–Trinajstić information content (AvgIpc) is 4.04. The molecule has 74 heavy (non-hydrogen) atoms. The van der Waals surface area contributed by atoms with Gasteiger partial charge >= 0.3 is 6.01 Å². The Hall–Kier alpha value is -8.14. The number of amides is 2. The van der Waals surface area contributed by atoms with Gasteiger partial charge in [-0.3, -0.25) is 9.59 Å². The number of piperidine rings is 1. The minimum absolute atomic E-state index is 0.00140. The van der Waals surface area contributed by atoms with Crippen molar-refractivity contribution in [2.24, 2.45) is 0 Å². The molecule has 3 aliphatic rings. The first-order valence-corrected chi connectivity index (χ1v) is 26.3. The standard InChI is InChI=1S/C28H31FN8O3S.C24H23FN6O2/c1-41(39,40)22-6-9-36(10-7-22)28-31-16-20(17-32-28)23-15-21(29)4-5-25(23)34-11-13-35(14-12-34)26(38)18-37-19-33-24-3-2-8-30-27(24)37;1-33-24-27-14-18(15-28-24)20-13-19(25)4-5-21(20)29-9-11-30(12-10-29)22(32)16-31-8-6-17-3-2-7-26-23(17)31/h2-5,8,15-17,19,22H,6-7,9-14,18H2,1H3;2-8,13-15H,9-12,16H2,1H3. The Morgan fingerprint density at radius 3 is 1.69 bits per heavy atom. The minimum atomic E-state index is -3.06. The van der Waals surface area contributed by atoms with Crippen LogP contribution in [0, 0.1) is 11.6 Å². The van der Waals surface area contributed by atoms with Crippen LogP contribution in [-0.4, -0.2) is 158 Å². The van der Waals surface area contributed by atoms with Gasteiger partial charge in [0.25, 0.3) is 0 Å². The van der Waals surface area contributed by atoms with Crippen molar-refractivity contribution in [3.63, 3.8) is 0 Å². The van der Waals surface area contributed by atoms with Crippen LogP contribution >= 0.6 is 0 Å². The summed E-state index contributed by atoms with van der Waals surface area (Å²) in [6.07, 6.45) is 16.0. The summed E-state index contributed by atoms with van der Waals surface area (Å²) in [6, 6.07) is 19.2. The number of hydrogen-bond donors (Lipinski definition) is 0. The van der Waals surface area contributed by atoms with Gasteiger partial charge in [0.1, 0.15) is 45.7 Å². The number of piperazine rings is 2. The van der Waals surface area contributed by atoms with E-state index >= 15 is 0 Å². The van der Waals surface area contributed by atoms with E-state index in [1.807, 2.05) is 55.8 Å². The highest BCUT2D eigenvalue weighted by Gasteiger charge is 2.29. The normalized spacial score (nSPS) is 15.6. The lowest BCUT2D eigenvalue weighted by molar-refractivity contribution is -0.132. The summed E-state index contributed by atoms with van der Waals surface area (Å²) in [5.74, 6) is -0.0950. The molecule has 22 heteroatoms. The Balaban J connectivity index is 0.000000173. The minimum Gasteiger partial charge on any atom is -0.467 e. The van der Waals surface area contributed by atoms with Crippen LogP contribution in [0.1, 0.15) is 12.8 Å². The number of carbonyl (C=O) groups is 2. The van der Waals surface area contributed by atoms with Crippen molar-refractivity contribution < 1.29 is 31.5 Å². The molecule has 0 atom stereocenters. The van der Waals surface area contributed by atoms with Crippen molar-refractivity contribution in [2.75, 3.05) is 93.5 Å². The summed E-state index contributed by atoms with van der Waals surface area (Å²) in [7, 11) is -1.56. The zero-order valence-corrected chi connectivity index (χ0v) is 41.7. The molecule has 0 N–H and O–H groups in total. The lowest BCUT2D eigenvalue weighted by Gasteiger charge is -2.37. The third-order valence-corrected chi connectivity index (χ3v) is 15.5. The fraction of sp³-hybridized carbons (Fsp3) is 0.327. The molecule has 8 aromatic rings. The van der Waals surface area contributed by atoms with E-state index in [9.17, 15) is 26.8 Å². The van der Waals surface area contributed by atoms with Gasteiger partial charge in [-0.15, -0.1) is 0 Å². The number of imidazole rings is 1. The van der Waals surface area contributed by atoms with E-state index in [2.05, 4.69) is 44.7 Å². The van der Waals surface area contributed by atoms with Crippen LogP contribution in [0.4, 0.5) is 26.1 Å². The number of sulfone groups is 1. The molecular formula is C52H54F2N14O5S. The Bertz CT molecular complexity index is 3390.